The first-order chi connectivity index (χ1) is 8.91. The summed E-state index contributed by atoms with van der Waals surface area (Å²) in [6.07, 6.45) is 2.92. The van der Waals surface area contributed by atoms with Crippen LogP contribution < -0.4 is 5.32 Å². The Hall–Kier alpha value is -1.30. The van der Waals surface area contributed by atoms with Gasteiger partial charge in [-0.15, -0.1) is 0 Å². The van der Waals surface area contributed by atoms with Crippen molar-refractivity contribution in [2.24, 2.45) is 5.92 Å². The fourth-order valence-corrected chi connectivity index (χ4v) is 2.36. The van der Waals surface area contributed by atoms with E-state index in [4.69, 9.17) is 10.2 Å². The summed E-state index contributed by atoms with van der Waals surface area (Å²) in [6.45, 7) is 2.39. The predicted octanol–water partition coefficient (Wildman–Crippen LogP) is 1.04. The molecular formula is C13H24N2O4. The van der Waals surface area contributed by atoms with Crippen molar-refractivity contribution >= 4 is 12.0 Å². The van der Waals surface area contributed by atoms with Gasteiger partial charge in [-0.25, -0.2) is 9.59 Å². The smallest absolute Gasteiger partial charge is 0.332 e. The van der Waals surface area contributed by atoms with Crippen molar-refractivity contribution in [3.63, 3.8) is 0 Å². The maximum atomic E-state index is 11.9. The Labute approximate surface area is 113 Å². The summed E-state index contributed by atoms with van der Waals surface area (Å²) in [7, 11) is 1.77. The molecule has 110 valence electrons. The molecule has 0 radical (unpaired) electrons. The van der Waals surface area contributed by atoms with E-state index >= 15 is 0 Å². The molecule has 1 rings (SSSR count). The van der Waals surface area contributed by atoms with Crippen LogP contribution in [0.5, 0.6) is 0 Å². The number of hydrogen-bond donors (Lipinski definition) is 3. The van der Waals surface area contributed by atoms with Gasteiger partial charge >= 0.3 is 12.0 Å². The Morgan fingerprint density at radius 2 is 1.89 bits per heavy atom. The SMILES string of the molecule is CC1CCC(N(C)C(=O)NCCC(O)C(=O)O)CC1. The van der Waals surface area contributed by atoms with Crippen molar-refractivity contribution in [3.05, 3.63) is 0 Å². The van der Waals surface area contributed by atoms with Gasteiger partial charge in [0.1, 0.15) is 0 Å². The third-order valence-electron chi connectivity index (χ3n) is 3.83. The van der Waals surface area contributed by atoms with E-state index in [1.165, 1.54) is 0 Å². The number of carboxylic acid groups (broad SMARTS) is 1. The number of carbonyl (C=O) groups is 2. The Morgan fingerprint density at radius 3 is 2.42 bits per heavy atom. The first-order valence-corrected chi connectivity index (χ1v) is 6.83. The van der Waals surface area contributed by atoms with Crippen LogP contribution in [-0.4, -0.2) is 52.9 Å². The maximum absolute atomic E-state index is 11.9. The number of carbonyl (C=O) groups excluding carboxylic acids is 1. The minimum absolute atomic E-state index is 0.0244. The highest BCUT2D eigenvalue weighted by Gasteiger charge is 2.24. The van der Waals surface area contributed by atoms with Gasteiger partial charge in [0, 0.05) is 26.1 Å². The fourth-order valence-electron chi connectivity index (χ4n) is 2.36. The minimum Gasteiger partial charge on any atom is -0.479 e. The molecule has 0 spiro atoms. The number of aliphatic hydroxyl groups is 1. The van der Waals surface area contributed by atoms with Crippen LogP contribution in [0, 0.1) is 5.92 Å². The number of nitrogens with one attached hydrogen (secondary N) is 1. The zero-order chi connectivity index (χ0) is 14.4. The van der Waals surface area contributed by atoms with Gasteiger partial charge in [0.25, 0.3) is 0 Å². The molecular weight excluding hydrogens is 248 g/mol. The molecule has 0 aromatic rings. The van der Waals surface area contributed by atoms with E-state index in [0.717, 1.165) is 31.6 Å². The van der Waals surface area contributed by atoms with Crippen LogP contribution in [0.15, 0.2) is 0 Å². The van der Waals surface area contributed by atoms with Crippen molar-refractivity contribution < 1.29 is 19.8 Å². The number of urea groups is 1. The maximum Gasteiger partial charge on any atom is 0.332 e. The van der Waals surface area contributed by atoms with Crippen LogP contribution in [0.1, 0.15) is 39.0 Å². The van der Waals surface area contributed by atoms with E-state index in [9.17, 15) is 9.59 Å². The number of amides is 2. The Morgan fingerprint density at radius 1 is 1.32 bits per heavy atom. The highest BCUT2D eigenvalue weighted by Crippen LogP contribution is 2.26. The zero-order valence-corrected chi connectivity index (χ0v) is 11.6. The molecule has 0 bridgehead atoms. The number of hydrogen-bond acceptors (Lipinski definition) is 3. The van der Waals surface area contributed by atoms with Gasteiger partial charge < -0.3 is 20.4 Å². The van der Waals surface area contributed by atoms with Crippen LogP contribution in [-0.2, 0) is 4.79 Å². The van der Waals surface area contributed by atoms with Gasteiger partial charge in [-0.3, -0.25) is 0 Å². The largest absolute Gasteiger partial charge is 0.479 e. The van der Waals surface area contributed by atoms with Crippen LogP contribution >= 0.6 is 0 Å². The second kappa shape index (κ2) is 7.33. The van der Waals surface area contributed by atoms with E-state index in [2.05, 4.69) is 12.2 Å². The molecule has 1 unspecified atom stereocenters. The third kappa shape index (κ3) is 5.06. The number of aliphatic hydroxyl groups excluding tert-OH is 1. The lowest BCUT2D eigenvalue weighted by atomic mass is 9.87. The zero-order valence-electron chi connectivity index (χ0n) is 11.6. The average Bonchev–Trinajstić information content (AvgIpc) is 2.38. The first kappa shape index (κ1) is 15.8. The Balaban J connectivity index is 2.27. The van der Waals surface area contributed by atoms with Gasteiger partial charge in [0.2, 0.25) is 0 Å². The Bertz CT molecular complexity index is 314. The van der Waals surface area contributed by atoms with E-state index in [-0.39, 0.29) is 25.0 Å². The molecule has 2 amide bonds. The van der Waals surface area contributed by atoms with Gasteiger partial charge in [0.05, 0.1) is 0 Å². The minimum atomic E-state index is -1.42. The molecule has 6 heteroatoms. The molecule has 1 aliphatic rings. The van der Waals surface area contributed by atoms with Crippen LogP contribution in [0.3, 0.4) is 0 Å². The first-order valence-electron chi connectivity index (χ1n) is 6.83. The summed E-state index contributed by atoms with van der Waals surface area (Å²) in [5.74, 6) is -0.526. The highest BCUT2D eigenvalue weighted by atomic mass is 16.4. The van der Waals surface area contributed by atoms with Gasteiger partial charge in [-0.2, -0.15) is 0 Å². The molecule has 1 aliphatic carbocycles. The van der Waals surface area contributed by atoms with Crippen molar-refractivity contribution in [3.8, 4) is 0 Å². The quantitative estimate of drug-likeness (QED) is 0.697. The number of carboxylic acids is 1. The van der Waals surface area contributed by atoms with E-state index < -0.39 is 12.1 Å². The van der Waals surface area contributed by atoms with E-state index in [1.54, 1.807) is 11.9 Å². The summed E-state index contributed by atoms with van der Waals surface area (Å²) in [5.41, 5.74) is 0. The highest BCUT2D eigenvalue weighted by molar-refractivity contribution is 5.74. The summed E-state index contributed by atoms with van der Waals surface area (Å²) < 4.78 is 0. The van der Waals surface area contributed by atoms with Gasteiger partial charge in [-0.05, 0) is 31.6 Å². The molecule has 6 nitrogen and oxygen atoms in total. The lowest BCUT2D eigenvalue weighted by molar-refractivity contribution is -0.146. The molecule has 19 heavy (non-hydrogen) atoms. The monoisotopic (exact) mass is 272 g/mol. The third-order valence-corrected chi connectivity index (χ3v) is 3.83. The van der Waals surface area contributed by atoms with E-state index in [1.807, 2.05) is 0 Å². The van der Waals surface area contributed by atoms with Gasteiger partial charge in [-0.1, -0.05) is 6.92 Å². The van der Waals surface area contributed by atoms with Crippen LogP contribution in [0.4, 0.5) is 4.79 Å². The number of nitrogens with zero attached hydrogens (tertiary/aromatic N) is 1. The summed E-state index contributed by atoms with van der Waals surface area (Å²) in [6, 6.07) is 0.0674. The van der Waals surface area contributed by atoms with Crippen LogP contribution in [0.25, 0.3) is 0 Å². The molecule has 0 heterocycles. The molecule has 1 saturated carbocycles. The lowest BCUT2D eigenvalue weighted by Crippen LogP contribution is -2.45. The standard InChI is InChI=1S/C13H24N2O4/c1-9-3-5-10(6-4-9)15(2)13(19)14-8-7-11(16)12(17)18/h9-11,16H,3-8H2,1-2H3,(H,14,19)(H,17,18). The summed E-state index contributed by atoms with van der Waals surface area (Å²) in [4.78, 5) is 24.0. The van der Waals surface area contributed by atoms with Crippen molar-refractivity contribution in [2.75, 3.05) is 13.6 Å². The van der Waals surface area contributed by atoms with Crippen LogP contribution in [0.2, 0.25) is 0 Å². The summed E-state index contributed by atoms with van der Waals surface area (Å²) in [5, 5.41) is 20.2. The number of rotatable bonds is 5. The molecule has 0 saturated heterocycles. The molecule has 0 aliphatic heterocycles. The van der Waals surface area contributed by atoms with E-state index in [0.29, 0.717) is 0 Å². The molecule has 0 aromatic carbocycles. The molecule has 0 aromatic heterocycles. The van der Waals surface area contributed by atoms with Gasteiger partial charge in [0.15, 0.2) is 6.10 Å². The fraction of sp³-hybridized carbons (Fsp3) is 0.846. The second-order valence-corrected chi connectivity index (χ2v) is 5.40. The van der Waals surface area contributed by atoms with Crippen molar-refractivity contribution in [2.45, 2.75) is 51.2 Å². The average molecular weight is 272 g/mol. The van der Waals surface area contributed by atoms with Crippen molar-refractivity contribution in [1.29, 1.82) is 0 Å². The predicted molar refractivity (Wildman–Crippen MR) is 70.8 cm³/mol. The lowest BCUT2D eigenvalue weighted by Gasteiger charge is -2.33. The second-order valence-electron chi connectivity index (χ2n) is 5.40. The topological polar surface area (TPSA) is 89.9 Å². The van der Waals surface area contributed by atoms with Crippen molar-refractivity contribution in [1.82, 2.24) is 10.2 Å². The molecule has 1 atom stereocenters. The molecule has 1 fully saturated rings. The summed E-state index contributed by atoms with van der Waals surface area (Å²) >= 11 is 0. The Kier molecular flexibility index (Phi) is 6.08. The molecule has 3 N–H and O–H groups in total. The number of aliphatic carboxylic acids is 1. The normalized spacial score (nSPS) is 24.6.